The molecule has 0 bridgehead atoms. The molecule has 0 radical (unpaired) electrons. The molecule has 6 nitrogen and oxygen atoms in total. The number of ether oxygens (including phenoxy) is 2. The predicted molar refractivity (Wildman–Crippen MR) is 133 cm³/mol. The average Bonchev–Trinajstić information content (AvgIpc) is 2.84. The number of rotatable bonds is 8. The molecule has 33 heavy (non-hydrogen) atoms. The molecule has 1 amide bonds. The van der Waals surface area contributed by atoms with E-state index in [2.05, 4.69) is 58.3 Å². The van der Waals surface area contributed by atoms with E-state index in [9.17, 15) is 4.79 Å². The first-order valence-electron chi connectivity index (χ1n) is 11.4. The maximum atomic E-state index is 12.8. The molecule has 1 aliphatic heterocycles. The summed E-state index contributed by atoms with van der Waals surface area (Å²) in [5.41, 5.74) is 3.55. The number of hydrogen-bond acceptors (Lipinski definition) is 5. The van der Waals surface area contributed by atoms with Crippen molar-refractivity contribution in [3.8, 4) is 5.75 Å². The van der Waals surface area contributed by atoms with Crippen LogP contribution < -0.4 is 9.64 Å². The van der Waals surface area contributed by atoms with Crippen molar-refractivity contribution in [2.45, 2.75) is 13.1 Å². The molecule has 6 heteroatoms. The molecule has 1 heterocycles. The lowest BCUT2D eigenvalue weighted by Crippen LogP contribution is -2.36. The molecular weight excluding hydrogens is 414 g/mol. The van der Waals surface area contributed by atoms with Crippen molar-refractivity contribution in [1.82, 2.24) is 9.80 Å². The molecule has 0 atom stereocenters. The first-order chi connectivity index (χ1) is 16.0. The molecule has 1 fully saturated rings. The molecule has 1 aliphatic rings. The number of nitrogens with zero attached hydrogens (tertiary/aromatic N) is 3. The molecule has 0 aromatic heterocycles. The van der Waals surface area contributed by atoms with E-state index in [1.165, 1.54) is 11.3 Å². The van der Waals surface area contributed by atoms with Crippen LogP contribution in [0.15, 0.2) is 60.7 Å². The second-order valence-electron chi connectivity index (χ2n) is 8.74. The first-order valence-corrected chi connectivity index (χ1v) is 11.4. The molecule has 3 aromatic carbocycles. The van der Waals surface area contributed by atoms with Gasteiger partial charge in [0.25, 0.3) is 0 Å². The van der Waals surface area contributed by atoms with E-state index in [0.717, 1.165) is 54.9 Å². The predicted octanol–water partition coefficient (Wildman–Crippen LogP) is 3.78. The van der Waals surface area contributed by atoms with Crippen molar-refractivity contribution in [3.05, 3.63) is 71.8 Å². The summed E-state index contributed by atoms with van der Waals surface area (Å²) in [6.07, 6.45) is 0. The molecule has 0 unspecified atom stereocenters. The van der Waals surface area contributed by atoms with Gasteiger partial charge in [-0.2, -0.15) is 0 Å². The lowest BCUT2D eigenvalue weighted by atomic mass is 10.1. The van der Waals surface area contributed by atoms with Crippen molar-refractivity contribution in [3.63, 3.8) is 0 Å². The SMILES string of the molecule is COc1ccc2cc(CN(C)C(=O)CN(C)Cc3ccc(N4CCOCC4)cc3)ccc2c1. The Kier molecular flexibility index (Phi) is 7.47. The molecular formula is C27H33N3O3. The zero-order valence-electron chi connectivity index (χ0n) is 19.8. The van der Waals surface area contributed by atoms with E-state index < -0.39 is 0 Å². The standard InChI is InChI=1S/C27H33N3O3/c1-28(18-21-5-9-25(10-6-21)30-12-14-33-15-13-30)20-27(31)29(2)19-22-4-7-24-17-26(32-3)11-8-23(24)16-22/h4-11,16-17H,12-15,18-20H2,1-3H3. The van der Waals surface area contributed by atoms with Crippen LogP contribution in [0, 0.1) is 0 Å². The number of hydrogen-bond donors (Lipinski definition) is 0. The van der Waals surface area contributed by atoms with Gasteiger partial charge >= 0.3 is 0 Å². The van der Waals surface area contributed by atoms with E-state index in [1.54, 1.807) is 12.0 Å². The lowest BCUT2D eigenvalue weighted by molar-refractivity contribution is -0.131. The Labute approximate surface area is 196 Å². The van der Waals surface area contributed by atoms with E-state index >= 15 is 0 Å². The third-order valence-corrected chi connectivity index (χ3v) is 6.13. The Morgan fingerprint density at radius 3 is 2.30 bits per heavy atom. The number of morpholine rings is 1. The maximum Gasteiger partial charge on any atom is 0.236 e. The van der Waals surface area contributed by atoms with Gasteiger partial charge in [-0.1, -0.05) is 30.3 Å². The highest BCUT2D eigenvalue weighted by molar-refractivity contribution is 5.84. The highest BCUT2D eigenvalue weighted by atomic mass is 16.5. The summed E-state index contributed by atoms with van der Waals surface area (Å²) < 4.78 is 10.7. The van der Waals surface area contributed by atoms with Gasteiger partial charge in [-0.3, -0.25) is 9.69 Å². The van der Waals surface area contributed by atoms with Crippen molar-refractivity contribution < 1.29 is 14.3 Å². The van der Waals surface area contributed by atoms with Gasteiger partial charge in [0.05, 0.1) is 26.9 Å². The van der Waals surface area contributed by atoms with Crippen molar-refractivity contribution >= 4 is 22.4 Å². The molecule has 0 aliphatic carbocycles. The average molecular weight is 448 g/mol. The number of fused-ring (bicyclic) bond motifs is 1. The van der Waals surface area contributed by atoms with Gasteiger partial charge in [-0.05, 0) is 59.3 Å². The summed E-state index contributed by atoms with van der Waals surface area (Å²) in [5, 5.41) is 2.28. The molecule has 1 saturated heterocycles. The van der Waals surface area contributed by atoms with Crippen LogP contribution in [-0.4, -0.2) is 69.8 Å². The van der Waals surface area contributed by atoms with Crippen molar-refractivity contribution in [2.24, 2.45) is 0 Å². The minimum atomic E-state index is 0.109. The third kappa shape index (κ3) is 6.03. The lowest BCUT2D eigenvalue weighted by Gasteiger charge is -2.29. The number of carbonyl (C=O) groups is 1. The minimum absolute atomic E-state index is 0.109. The van der Waals surface area contributed by atoms with Crippen LogP contribution in [0.5, 0.6) is 5.75 Å². The topological polar surface area (TPSA) is 45.2 Å². The van der Waals surface area contributed by atoms with Crippen LogP contribution in [0.25, 0.3) is 10.8 Å². The second-order valence-corrected chi connectivity index (χ2v) is 8.74. The Bertz CT molecular complexity index is 1080. The number of carbonyl (C=O) groups excluding carboxylic acids is 1. The number of likely N-dealkylation sites (N-methyl/N-ethyl adjacent to an activating group) is 2. The second kappa shape index (κ2) is 10.7. The number of anilines is 1. The van der Waals surface area contributed by atoms with Gasteiger partial charge in [0.2, 0.25) is 5.91 Å². The summed E-state index contributed by atoms with van der Waals surface area (Å²) >= 11 is 0. The quantitative estimate of drug-likeness (QED) is 0.526. The Morgan fingerprint density at radius 2 is 1.58 bits per heavy atom. The number of methoxy groups -OCH3 is 1. The molecule has 4 rings (SSSR count). The van der Waals surface area contributed by atoms with E-state index in [4.69, 9.17) is 9.47 Å². The van der Waals surface area contributed by atoms with Gasteiger partial charge in [-0.25, -0.2) is 0 Å². The summed E-state index contributed by atoms with van der Waals surface area (Å²) in [4.78, 5) is 19.0. The zero-order valence-corrected chi connectivity index (χ0v) is 19.8. The van der Waals surface area contributed by atoms with Gasteiger partial charge in [0.1, 0.15) is 5.75 Å². The summed E-state index contributed by atoms with van der Waals surface area (Å²) in [7, 11) is 5.53. The van der Waals surface area contributed by atoms with E-state index in [-0.39, 0.29) is 5.91 Å². The number of benzene rings is 3. The van der Waals surface area contributed by atoms with Crippen LogP contribution in [0.4, 0.5) is 5.69 Å². The van der Waals surface area contributed by atoms with Gasteiger partial charge < -0.3 is 19.3 Å². The van der Waals surface area contributed by atoms with Crippen molar-refractivity contribution in [1.29, 1.82) is 0 Å². The summed E-state index contributed by atoms with van der Waals surface area (Å²) in [5.74, 6) is 0.957. The summed E-state index contributed by atoms with van der Waals surface area (Å²) in [6.45, 7) is 5.15. The Balaban J connectivity index is 1.29. The largest absolute Gasteiger partial charge is 0.497 e. The molecule has 3 aromatic rings. The highest BCUT2D eigenvalue weighted by Crippen LogP contribution is 2.22. The zero-order chi connectivity index (χ0) is 23.2. The van der Waals surface area contributed by atoms with E-state index in [0.29, 0.717) is 13.1 Å². The Hall–Kier alpha value is -3.09. The maximum absolute atomic E-state index is 12.8. The van der Waals surface area contributed by atoms with Gasteiger partial charge in [0, 0.05) is 38.9 Å². The molecule has 0 N–H and O–H groups in total. The molecule has 174 valence electrons. The van der Waals surface area contributed by atoms with E-state index in [1.807, 2.05) is 26.2 Å². The fraction of sp³-hybridized carbons (Fsp3) is 0.370. The molecule has 0 saturated carbocycles. The summed E-state index contributed by atoms with van der Waals surface area (Å²) in [6, 6.07) is 21.0. The van der Waals surface area contributed by atoms with Crippen LogP contribution in [0.2, 0.25) is 0 Å². The fourth-order valence-corrected chi connectivity index (χ4v) is 4.21. The minimum Gasteiger partial charge on any atom is -0.497 e. The fourth-order valence-electron chi connectivity index (χ4n) is 4.21. The Morgan fingerprint density at radius 1 is 0.909 bits per heavy atom. The van der Waals surface area contributed by atoms with Crippen LogP contribution in [0.3, 0.4) is 0 Å². The monoisotopic (exact) mass is 447 g/mol. The van der Waals surface area contributed by atoms with Gasteiger partial charge in [-0.15, -0.1) is 0 Å². The van der Waals surface area contributed by atoms with Crippen molar-refractivity contribution in [2.75, 3.05) is 59.0 Å². The molecule has 0 spiro atoms. The third-order valence-electron chi connectivity index (χ3n) is 6.13. The van der Waals surface area contributed by atoms with Gasteiger partial charge in [0.15, 0.2) is 0 Å². The van der Waals surface area contributed by atoms with Crippen LogP contribution in [0.1, 0.15) is 11.1 Å². The van der Waals surface area contributed by atoms with Crippen LogP contribution >= 0.6 is 0 Å². The number of amides is 1. The highest BCUT2D eigenvalue weighted by Gasteiger charge is 2.14. The first kappa shape index (κ1) is 23.1. The normalized spacial score (nSPS) is 14.0. The van der Waals surface area contributed by atoms with Crippen LogP contribution in [-0.2, 0) is 22.6 Å². The smallest absolute Gasteiger partial charge is 0.236 e.